The number of Topliss-reactive ketones (excluding diaryl/α,β-unsaturated/α-hetero) is 1. The molecule has 0 saturated heterocycles. The molecular formula is C18H15Cl2NO4. The van der Waals surface area contributed by atoms with Crippen molar-refractivity contribution in [3.8, 4) is 0 Å². The van der Waals surface area contributed by atoms with Gasteiger partial charge in [0, 0.05) is 24.1 Å². The quantitative estimate of drug-likeness (QED) is 0.613. The first-order valence-corrected chi connectivity index (χ1v) is 8.11. The average Bonchev–Trinajstić information content (AvgIpc) is 2.58. The number of halogens is 2. The van der Waals surface area contributed by atoms with E-state index in [1.54, 1.807) is 24.3 Å². The molecule has 0 unspecified atom stereocenters. The summed E-state index contributed by atoms with van der Waals surface area (Å²) in [4.78, 5) is 34.9. The first kappa shape index (κ1) is 19.0. The molecule has 2 aromatic carbocycles. The Morgan fingerprint density at radius 1 is 1.04 bits per heavy atom. The summed E-state index contributed by atoms with van der Waals surface area (Å²) in [6.45, 7) is 1.38. The summed E-state index contributed by atoms with van der Waals surface area (Å²) in [6.07, 6.45) is 0. The normalized spacial score (nSPS) is 10.2. The highest BCUT2D eigenvalue weighted by atomic mass is 35.5. The molecule has 0 bridgehead atoms. The Morgan fingerprint density at radius 3 is 2.32 bits per heavy atom. The van der Waals surface area contributed by atoms with Gasteiger partial charge in [-0.1, -0.05) is 35.3 Å². The minimum atomic E-state index is -0.621. The van der Waals surface area contributed by atoms with Crippen molar-refractivity contribution in [2.75, 3.05) is 6.61 Å². The van der Waals surface area contributed by atoms with E-state index in [0.717, 1.165) is 5.56 Å². The maximum atomic E-state index is 12.1. The molecule has 25 heavy (non-hydrogen) atoms. The zero-order valence-electron chi connectivity index (χ0n) is 13.3. The van der Waals surface area contributed by atoms with Crippen molar-refractivity contribution in [3.63, 3.8) is 0 Å². The number of ketones is 1. The third-order valence-corrected chi connectivity index (χ3v) is 3.84. The highest BCUT2D eigenvalue weighted by Crippen LogP contribution is 2.21. The predicted octanol–water partition coefficient (Wildman–Crippen LogP) is 3.67. The Labute approximate surface area is 154 Å². The number of ether oxygens (including phenoxy) is 1. The lowest BCUT2D eigenvalue weighted by Crippen LogP contribution is -2.19. The highest BCUT2D eigenvalue weighted by molar-refractivity contribution is 6.36. The lowest BCUT2D eigenvalue weighted by Gasteiger charge is -2.07. The lowest BCUT2D eigenvalue weighted by molar-refractivity contribution is -0.119. The van der Waals surface area contributed by atoms with Gasteiger partial charge in [-0.15, -0.1) is 0 Å². The van der Waals surface area contributed by atoms with E-state index in [4.69, 9.17) is 27.9 Å². The molecule has 1 amide bonds. The second kappa shape index (κ2) is 8.65. The Hall–Kier alpha value is -2.37. The first-order chi connectivity index (χ1) is 11.9. The first-order valence-electron chi connectivity index (χ1n) is 7.35. The van der Waals surface area contributed by atoms with E-state index < -0.39 is 18.4 Å². The fourth-order valence-electron chi connectivity index (χ4n) is 1.99. The van der Waals surface area contributed by atoms with Crippen molar-refractivity contribution in [1.29, 1.82) is 0 Å². The van der Waals surface area contributed by atoms with Crippen LogP contribution in [0.15, 0.2) is 42.5 Å². The summed E-state index contributed by atoms with van der Waals surface area (Å²) in [5.41, 5.74) is 1.39. The number of hydrogen-bond acceptors (Lipinski definition) is 4. The van der Waals surface area contributed by atoms with Gasteiger partial charge in [0.2, 0.25) is 11.7 Å². The number of benzene rings is 2. The molecule has 0 radical (unpaired) electrons. The van der Waals surface area contributed by atoms with E-state index in [9.17, 15) is 14.4 Å². The monoisotopic (exact) mass is 379 g/mol. The summed E-state index contributed by atoms with van der Waals surface area (Å²) < 4.78 is 5.02. The van der Waals surface area contributed by atoms with Crippen LogP contribution in [0.2, 0.25) is 10.0 Å². The predicted molar refractivity (Wildman–Crippen MR) is 95.0 cm³/mol. The van der Waals surface area contributed by atoms with Crippen LogP contribution in [0.1, 0.15) is 33.2 Å². The number of hydrogen-bond donors (Lipinski definition) is 1. The van der Waals surface area contributed by atoms with Gasteiger partial charge < -0.3 is 10.1 Å². The molecule has 7 heteroatoms. The zero-order valence-corrected chi connectivity index (χ0v) is 14.9. The molecule has 1 N–H and O–H groups in total. The maximum Gasteiger partial charge on any atom is 0.338 e. The van der Waals surface area contributed by atoms with Crippen LogP contribution in [-0.2, 0) is 16.1 Å². The van der Waals surface area contributed by atoms with Crippen LogP contribution in [0.3, 0.4) is 0 Å². The third kappa shape index (κ3) is 5.59. The topological polar surface area (TPSA) is 72.5 Å². The Balaban J connectivity index is 1.93. The largest absolute Gasteiger partial charge is 0.454 e. The molecule has 0 heterocycles. The van der Waals surface area contributed by atoms with Gasteiger partial charge in [-0.3, -0.25) is 9.59 Å². The summed E-state index contributed by atoms with van der Waals surface area (Å²) in [5.74, 6) is -1.18. The van der Waals surface area contributed by atoms with Gasteiger partial charge in [-0.05, 0) is 35.9 Å². The molecule has 5 nitrogen and oxygen atoms in total. The second-order valence-corrected chi connectivity index (χ2v) is 6.07. The Morgan fingerprint density at radius 2 is 1.72 bits per heavy atom. The van der Waals surface area contributed by atoms with Crippen molar-refractivity contribution in [1.82, 2.24) is 5.32 Å². The van der Waals surface area contributed by atoms with Crippen LogP contribution in [-0.4, -0.2) is 24.3 Å². The molecule has 2 rings (SSSR count). The second-order valence-electron chi connectivity index (χ2n) is 5.23. The summed E-state index contributed by atoms with van der Waals surface area (Å²) in [6, 6.07) is 11.0. The van der Waals surface area contributed by atoms with Crippen LogP contribution in [0.25, 0.3) is 0 Å². The molecule has 0 aliphatic carbocycles. The van der Waals surface area contributed by atoms with Crippen molar-refractivity contribution in [3.05, 3.63) is 69.2 Å². The van der Waals surface area contributed by atoms with Gasteiger partial charge in [0.15, 0.2) is 6.61 Å². The van der Waals surface area contributed by atoms with Crippen LogP contribution < -0.4 is 5.32 Å². The van der Waals surface area contributed by atoms with E-state index in [0.29, 0.717) is 17.1 Å². The van der Waals surface area contributed by atoms with E-state index in [1.165, 1.54) is 25.1 Å². The molecule has 130 valence electrons. The van der Waals surface area contributed by atoms with Gasteiger partial charge in [-0.25, -0.2) is 4.79 Å². The van der Waals surface area contributed by atoms with Gasteiger partial charge in [-0.2, -0.15) is 0 Å². The van der Waals surface area contributed by atoms with Gasteiger partial charge in [0.1, 0.15) is 0 Å². The Kier molecular flexibility index (Phi) is 6.56. The number of carbonyl (C=O) groups is 3. The van der Waals surface area contributed by atoms with E-state index in [1.807, 2.05) is 0 Å². The van der Waals surface area contributed by atoms with Crippen LogP contribution in [0, 0.1) is 0 Å². The van der Waals surface area contributed by atoms with Crippen molar-refractivity contribution in [2.45, 2.75) is 13.5 Å². The maximum absolute atomic E-state index is 12.1. The van der Waals surface area contributed by atoms with Crippen molar-refractivity contribution < 1.29 is 19.1 Å². The molecule has 0 fully saturated rings. The molecule has 0 aliphatic heterocycles. The summed E-state index contributed by atoms with van der Waals surface area (Å²) >= 11 is 11.7. The standard InChI is InChI=1S/C18H15Cl2NO4/c1-11(22)21-9-12-2-4-13(5-3-12)18(24)25-10-17(23)15-7-6-14(19)8-16(15)20/h2-8H,9-10H2,1H3,(H,21,22). The van der Waals surface area contributed by atoms with Crippen LogP contribution in [0.4, 0.5) is 0 Å². The van der Waals surface area contributed by atoms with Crippen molar-refractivity contribution in [2.24, 2.45) is 0 Å². The number of amides is 1. The van der Waals surface area contributed by atoms with Gasteiger partial charge in [0.05, 0.1) is 10.6 Å². The number of carbonyl (C=O) groups excluding carboxylic acids is 3. The SMILES string of the molecule is CC(=O)NCc1ccc(C(=O)OCC(=O)c2ccc(Cl)cc2Cl)cc1. The number of esters is 1. The number of nitrogens with one attached hydrogen (secondary N) is 1. The molecule has 0 saturated carbocycles. The van der Waals surface area contributed by atoms with Gasteiger partial charge >= 0.3 is 5.97 Å². The summed E-state index contributed by atoms with van der Waals surface area (Å²) in [7, 11) is 0. The fraction of sp³-hybridized carbons (Fsp3) is 0.167. The minimum Gasteiger partial charge on any atom is -0.454 e. The Bertz CT molecular complexity index is 803. The zero-order chi connectivity index (χ0) is 18.4. The highest BCUT2D eigenvalue weighted by Gasteiger charge is 2.14. The lowest BCUT2D eigenvalue weighted by atomic mass is 10.1. The molecule has 0 aromatic heterocycles. The van der Waals surface area contributed by atoms with E-state index in [2.05, 4.69) is 5.32 Å². The molecule has 0 atom stereocenters. The number of rotatable bonds is 6. The fourth-order valence-corrected chi connectivity index (χ4v) is 2.51. The van der Waals surface area contributed by atoms with Gasteiger partial charge in [0.25, 0.3) is 0 Å². The minimum absolute atomic E-state index is 0.136. The molecule has 2 aromatic rings. The molecular weight excluding hydrogens is 365 g/mol. The van der Waals surface area contributed by atoms with Crippen molar-refractivity contribution >= 4 is 40.9 Å². The van der Waals surface area contributed by atoms with E-state index >= 15 is 0 Å². The molecule has 0 aliphatic rings. The third-order valence-electron chi connectivity index (χ3n) is 3.30. The summed E-state index contributed by atoms with van der Waals surface area (Å²) in [5, 5.41) is 3.28. The smallest absolute Gasteiger partial charge is 0.338 e. The van der Waals surface area contributed by atoms with E-state index in [-0.39, 0.29) is 16.5 Å². The van der Waals surface area contributed by atoms with Crippen LogP contribution >= 0.6 is 23.2 Å². The van der Waals surface area contributed by atoms with Crippen LogP contribution in [0.5, 0.6) is 0 Å². The average molecular weight is 380 g/mol. The molecule has 0 spiro atoms.